The lowest BCUT2D eigenvalue weighted by Gasteiger charge is -2.41. The number of aliphatic imine (C=N–C) groups is 2. The van der Waals surface area contributed by atoms with Gasteiger partial charge in [-0.1, -0.05) is 133 Å². The van der Waals surface area contributed by atoms with Crippen LogP contribution in [0.5, 0.6) is 11.5 Å². The Morgan fingerprint density at radius 3 is 2.05 bits per heavy atom. The molecule has 2 heterocycles. The quantitative estimate of drug-likeness (QED) is 0.216. The SMILES string of the molecule is C1=CC2=NC(c3ccccc3)=NC(c3cccc4c3Oc3ccccc3C43c4ccccc4-c4ccccc43)C2C=C1. The molecule has 2 atom stereocenters. The first-order valence-electron chi connectivity index (χ1n) is 14.5. The molecular formula is C39H26N2O. The molecule has 1 spiro atoms. The molecule has 42 heavy (non-hydrogen) atoms. The van der Waals surface area contributed by atoms with E-state index < -0.39 is 5.41 Å². The van der Waals surface area contributed by atoms with Crippen LogP contribution in [0.3, 0.4) is 0 Å². The highest BCUT2D eigenvalue weighted by Gasteiger charge is 2.51. The first-order chi connectivity index (χ1) is 20.8. The lowest BCUT2D eigenvalue weighted by molar-refractivity contribution is 0.423. The van der Waals surface area contributed by atoms with Crippen molar-refractivity contribution in [3.63, 3.8) is 0 Å². The van der Waals surface area contributed by atoms with Crippen LogP contribution in [0.25, 0.3) is 11.1 Å². The summed E-state index contributed by atoms with van der Waals surface area (Å²) in [5.74, 6) is 2.56. The second-order valence-corrected chi connectivity index (χ2v) is 11.2. The highest BCUT2D eigenvalue weighted by Crippen LogP contribution is 2.63. The van der Waals surface area contributed by atoms with E-state index in [0.717, 1.165) is 39.7 Å². The highest BCUT2D eigenvalue weighted by atomic mass is 16.5. The van der Waals surface area contributed by atoms with Crippen molar-refractivity contribution in [2.45, 2.75) is 11.5 Å². The van der Waals surface area contributed by atoms with Crippen LogP contribution >= 0.6 is 0 Å². The number of para-hydroxylation sites is 2. The summed E-state index contributed by atoms with van der Waals surface area (Å²) in [6, 6.07) is 42.9. The van der Waals surface area contributed by atoms with Crippen molar-refractivity contribution >= 4 is 11.5 Å². The third-order valence-electron chi connectivity index (χ3n) is 9.13. The van der Waals surface area contributed by atoms with Gasteiger partial charge in [-0.05, 0) is 34.4 Å². The van der Waals surface area contributed by atoms with Gasteiger partial charge >= 0.3 is 0 Å². The van der Waals surface area contributed by atoms with E-state index in [2.05, 4.69) is 127 Å². The first kappa shape index (κ1) is 23.4. The molecule has 0 bridgehead atoms. The van der Waals surface area contributed by atoms with Crippen LogP contribution < -0.4 is 4.74 Å². The molecule has 5 aromatic rings. The van der Waals surface area contributed by atoms with Gasteiger partial charge < -0.3 is 4.74 Å². The van der Waals surface area contributed by atoms with E-state index >= 15 is 0 Å². The molecule has 0 radical (unpaired) electrons. The standard InChI is InChI=1S/C39H26N2O/c1-2-13-25(14-3-1)38-40-34-23-10-6-17-28(34)36(41-38)29-18-12-22-33-37(29)42-35-24-11-9-21-32(35)39(33)30-19-7-4-15-26(30)27-16-5-8-20-31(27)39/h1-24,28,36H. The summed E-state index contributed by atoms with van der Waals surface area (Å²) in [7, 11) is 0. The second-order valence-electron chi connectivity index (χ2n) is 11.2. The molecule has 0 aromatic heterocycles. The largest absolute Gasteiger partial charge is 0.456 e. The van der Waals surface area contributed by atoms with Crippen molar-refractivity contribution in [2.75, 3.05) is 0 Å². The number of hydrogen-bond donors (Lipinski definition) is 0. The smallest absolute Gasteiger partial charge is 0.155 e. The minimum atomic E-state index is -0.493. The van der Waals surface area contributed by atoms with Gasteiger partial charge in [0.05, 0.1) is 17.2 Å². The summed E-state index contributed by atoms with van der Waals surface area (Å²) in [5, 5.41) is 0. The van der Waals surface area contributed by atoms with Crippen LogP contribution in [-0.4, -0.2) is 11.5 Å². The Kier molecular flexibility index (Phi) is 4.94. The number of ether oxygens (including phenoxy) is 1. The van der Waals surface area contributed by atoms with E-state index in [9.17, 15) is 0 Å². The number of hydrogen-bond acceptors (Lipinski definition) is 3. The van der Waals surface area contributed by atoms with E-state index in [4.69, 9.17) is 14.7 Å². The summed E-state index contributed by atoms with van der Waals surface area (Å²) < 4.78 is 6.95. The van der Waals surface area contributed by atoms with Crippen LogP contribution in [0.4, 0.5) is 0 Å². The molecule has 0 saturated carbocycles. The van der Waals surface area contributed by atoms with E-state index in [-0.39, 0.29) is 12.0 Å². The van der Waals surface area contributed by atoms with E-state index in [0.29, 0.717) is 0 Å². The highest BCUT2D eigenvalue weighted by molar-refractivity contribution is 6.13. The van der Waals surface area contributed by atoms with Crippen molar-refractivity contribution in [1.29, 1.82) is 0 Å². The Hall–Kier alpha value is -5.28. The molecule has 4 aliphatic rings. The summed E-state index contributed by atoms with van der Waals surface area (Å²) in [6.07, 6.45) is 8.51. The number of benzene rings is 5. The lowest BCUT2D eigenvalue weighted by atomic mass is 9.65. The van der Waals surface area contributed by atoms with Crippen molar-refractivity contribution in [2.24, 2.45) is 15.9 Å². The Bertz CT molecular complexity index is 1990. The van der Waals surface area contributed by atoms with Gasteiger partial charge in [0.25, 0.3) is 0 Å². The summed E-state index contributed by atoms with van der Waals surface area (Å²) in [6.45, 7) is 0. The minimum Gasteiger partial charge on any atom is -0.456 e. The van der Waals surface area contributed by atoms with Gasteiger partial charge in [0.1, 0.15) is 11.5 Å². The van der Waals surface area contributed by atoms with Crippen LogP contribution in [0.15, 0.2) is 156 Å². The third-order valence-corrected chi connectivity index (χ3v) is 9.13. The number of allylic oxidation sites excluding steroid dienone is 3. The van der Waals surface area contributed by atoms with Crippen LogP contribution in [0.1, 0.15) is 39.4 Å². The number of nitrogens with zero attached hydrogens (tertiary/aromatic N) is 2. The molecule has 0 N–H and O–H groups in total. The molecule has 2 unspecified atom stereocenters. The zero-order valence-corrected chi connectivity index (χ0v) is 22.8. The molecule has 9 rings (SSSR count). The molecule has 0 saturated heterocycles. The zero-order chi connectivity index (χ0) is 27.7. The normalized spacial score (nSPS) is 19.9. The minimum absolute atomic E-state index is 0.0221. The lowest BCUT2D eigenvalue weighted by Crippen LogP contribution is -2.33. The maximum absolute atomic E-state index is 6.95. The van der Waals surface area contributed by atoms with E-state index in [1.54, 1.807) is 0 Å². The number of amidine groups is 1. The molecule has 3 nitrogen and oxygen atoms in total. The molecule has 0 fully saturated rings. The van der Waals surface area contributed by atoms with Gasteiger partial charge in [0, 0.05) is 28.2 Å². The summed E-state index contributed by atoms with van der Waals surface area (Å²) >= 11 is 0. The van der Waals surface area contributed by atoms with E-state index in [1.807, 2.05) is 18.2 Å². The Morgan fingerprint density at radius 2 is 1.26 bits per heavy atom. The zero-order valence-electron chi connectivity index (χ0n) is 22.8. The molecule has 5 aromatic carbocycles. The average molecular weight is 539 g/mol. The topological polar surface area (TPSA) is 34.0 Å². The van der Waals surface area contributed by atoms with Crippen LogP contribution in [-0.2, 0) is 5.41 Å². The summed E-state index contributed by atoms with van der Waals surface area (Å²) in [5.41, 5.74) is 10.1. The Labute approximate surface area is 244 Å². The van der Waals surface area contributed by atoms with Gasteiger partial charge in [-0.15, -0.1) is 0 Å². The third kappa shape index (κ3) is 3.11. The Balaban J connectivity index is 1.34. The van der Waals surface area contributed by atoms with Crippen molar-refractivity contribution < 1.29 is 4.74 Å². The van der Waals surface area contributed by atoms with Crippen LogP contribution in [0, 0.1) is 5.92 Å². The fourth-order valence-electron chi connectivity index (χ4n) is 7.41. The van der Waals surface area contributed by atoms with Crippen molar-refractivity contribution in [1.82, 2.24) is 0 Å². The maximum atomic E-state index is 6.95. The predicted octanol–water partition coefficient (Wildman–Crippen LogP) is 8.84. The van der Waals surface area contributed by atoms with Gasteiger partial charge in [-0.3, -0.25) is 4.99 Å². The average Bonchev–Trinajstić information content (AvgIpc) is 3.35. The van der Waals surface area contributed by atoms with Gasteiger partial charge in [0.15, 0.2) is 5.84 Å². The van der Waals surface area contributed by atoms with Crippen molar-refractivity contribution in [3.8, 4) is 22.6 Å². The fourth-order valence-corrected chi connectivity index (χ4v) is 7.41. The summed E-state index contributed by atoms with van der Waals surface area (Å²) in [4.78, 5) is 10.4. The predicted molar refractivity (Wildman–Crippen MR) is 169 cm³/mol. The molecule has 2 aliphatic heterocycles. The van der Waals surface area contributed by atoms with E-state index in [1.165, 1.54) is 27.8 Å². The number of rotatable bonds is 2. The molecule has 0 amide bonds. The molecular weight excluding hydrogens is 512 g/mol. The fraction of sp³-hybridized carbons (Fsp3) is 0.0769. The van der Waals surface area contributed by atoms with Gasteiger partial charge in [-0.25, -0.2) is 4.99 Å². The molecule has 2 aliphatic carbocycles. The monoisotopic (exact) mass is 538 g/mol. The molecule has 198 valence electrons. The first-order valence-corrected chi connectivity index (χ1v) is 14.5. The van der Waals surface area contributed by atoms with Crippen molar-refractivity contribution in [3.05, 3.63) is 179 Å². The maximum Gasteiger partial charge on any atom is 0.155 e. The van der Waals surface area contributed by atoms with Gasteiger partial charge in [-0.2, -0.15) is 0 Å². The second kappa shape index (κ2) is 8.86. The molecule has 3 heteroatoms. The Morgan fingerprint density at radius 1 is 0.595 bits per heavy atom. The number of fused-ring (bicyclic) bond motifs is 10. The van der Waals surface area contributed by atoms with Crippen LogP contribution in [0.2, 0.25) is 0 Å². The van der Waals surface area contributed by atoms with Gasteiger partial charge in [0.2, 0.25) is 0 Å².